The number of carboxylic acid groups (broad SMARTS) is 1. The molecule has 3 aliphatic heterocycles. The van der Waals surface area contributed by atoms with Crippen molar-refractivity contribution in [3.63, 3.8) is 0 Å². The van der Waals surface area contributed by atoms with Crippen molar-refractivity contribution in [2.45, 2.75) is 78.6 Å². The second kappa shape index (κ2) is 13.5. The van der Waals surface area contributed by atoms with Gasteiger partial charge in [-0.2, -0.15) is 0 Å². The van der Waals surface area contributed by atoms with Gasteiger partial charge in [-0.3, -0.25) is 9.69 Å². The maximum absolute atomic E-state index is 12.3. The minimum atomic E-state index is -0.902. The van der Waals surface area contributed by atoms with Crippen LogP contribution in [0.3, 0.4) is 0 Å². The van der Waals surface area contributed by atoms with Crippen LogP contribution in [0.5, 0.6) is 5.75 Å². The van der Waals surface area contributed by atoms with E-state index in [2.05, 4.69) is 47.9 Å². The van der Waals surface area contributed by atoms with Gasteiger partial charge in [0.05, 0.1) is 23.8 Å². The van der Waals surface area contributed by atoms with E-state index in [4.69, 9.17) is 19.2 Å². The number of hydrogen-bond acceptors (Lipinski definition) is 7. The van der Waals surface area contributed by atoms with Crippen molar-refractivity contribution in [1.29, 1.82) is 0 Å². The number of ether oxygens (including phenoxy) is 3. The molecule has 240 valence electrons. The predicted molar refractivity (Wildman–Crippen MR) is 176 cm³/mol. The highest BCUT2D eigenvalue weighted by molar-refractivity contribution is 5.77. The number of aliphatic carboxylic acids is 1. The van der Waals surface area contributed by atoms with Crippen LogP contribution < -0.4 is 9.64 Å². The van der Waals surface area contributed by atoms with Crippen LogP contribution in [0.15, 0.2) is 48.5 Å². The Labute approximate surface area is 267 Å². The van der Waals surface area contributed by atoms with Crippen molar-refractivity contribution in [2.75, 3.05) is 44.4 Å². The third-order valence-corrected chi connectivity index (χ3v) is 10.2. The normalized spacial score (nSPS) is 22.4. The van der Waals surface area contributed by atoms with Gasteiger partial charge in [0.25, 0.3) is 0 Å². The van der Waals surface area contributed by atoms with Crippen molar-refractivity contribution in [1.82, 2.24) is 9.88 Å². The third kappa shape index (κ3) is 6.46. The van der Waals surface area contributed by atoms with E-state index in [1.807, 2.05) is 38.1 Å². The van der Waals surface area contributed by atoms with Crippen LogP contribution in [0.25, 0.3) is 11.3 Å². The molecule has 0 bridgehead atoms. The van der Waals surface area contributed by atoms with E-state index in [0.29, 0.717) is 38.8 Å². The lowest BCUT2D eigenvalue weighted by Crippen LogP contribution is -2.46. The highest BCUT2D eigenvalue weighted by atomic mass is 16.5. The number of fused-ring (bicyclic) bond motifs is 1. The molecule has 3 aromatic rings. The molecule has 2 fully saturated rings. The smallest absolute Gasteiger partial charge is 0.311 e. The maximum atomic E-state index is 12.3. The molecule has 8 nitrogen and oxygen atoms in total. The molecular formula is C37H47N3O5. The Bertz CT molecular complexity index is 1520. The van der Waals surface area contributed by atoms with Gasteiger partial charge in [-0.1, -0.05) is 30.3 Å². The van der Waals surface area contributed by atoms with Crippen LogP contribution in [0.2, 0.25) is 0 Å². The molecule has 0 radical (unpaired) electrons. The summed E-state index contributed by atoms with van der Waals surface area (Å²) in [5.74, 6) is 0.787. The van der Waals surface area contributed by atoms with Crippen molar-refractivity contribution in [3.8, 4) is 17.0 Å². The number of hydrogen-bond donors (Lipinski definition) is 1. The zero-order valence-electron chi connectivity index (χ0n) is 27.2. The molecule has 45 heavy (non-hydrogen) atoms. The van der Waals surface area contributed by atoms with Gasteiger partial charge in [-0.05, 0) is 99.4 Å². The molecule has 0 unspecified atom stereocenters. The average molecular weight is 614 g/mol. The summed E-state index contributed by atoms with van der Waals surface area (Å²) < 4.78 is 18.0. The number of aryl methyl sites for hydroxylation is 2. The Balaban J connectivity index is 1.21. The monoisotopic (exact) mass is 613 g/mol. The molecule has 2 atom stereocenters. The number of benzene rings is 2. The Morgan fingerprint density at radius 3 is 2.67 bits per heavy atom. The quantitative estimate of drug-likeness (QED) is 0.290. The molecule has 0 spiro atoms. The second-order valence-electron chi connectivity index (χ2n) is 13.1. The summed E-state index contributed by atoms with van der Waals surface area (Å²) in [4.78, 5) is 22.1. The molecule has 0 amide bonds. The van der Waals surface area contributed by atoms with Crippen LogP contribution in [-0.2, 0) is 33.8 Å². The number of para-hydroxylation sites is 1. The zero-order chi connectivity index (χ0) is 31.6. The molecule has 2 saturated heterocycles. The molecule has 1 N–H and O–H groups in total. The summed E-state index contributed by atoms with van der Waals surface area (Å²) in [7, 11) is 0. The molecule has 0 aliphatic carbocycles. The summed E-state index contributed by atoms with van der Waals surface area (Å²) in [6, 6.07) is 17.1. The Morgan fingerprint density at radius 2 is 1.89 bits per heavy atom. The van der Waals surface area contributed by atoms with Crippen LogP contribution in [0.4, 0.5) is 5.82 Å². The number of anilines is 1. The number of nitrogens with zero attached hydrogens (tertiary/aromatic N) is 3. The van der Waals surface area contributed by atoms with Gasteiger partial charge >= 0.3 is 5.97 Å². The van der Waals surface area contributed by atoms with E-state index in [0.717, 1.165) is 74.0 Å². The Hall–Kier alpha value is -3.46. The highest BCUT2D eigenvalue weighted by Gasteiger charge is 2.50. The van der Waals surface area contributed by atoms with Crippen molar-refractivity contribution >= 4 is 11.8 Å². The van der Waals surface area contributed by atoms with Gasteiger partial charge in [0.2, 0.25) is 0 Å². The van der Waals surface area contributed by atoms with Gasteiger partial charge < -0.3 is 24.2 Å². The minimum Gasteiger partial charge on any atom is -0.488 e. The minimum absolute atomic E-state index is 0.304. The van der Waals surface area contributed by atoms with E-state index in [1.54, 1.807) is 0 Å². The lowest BCUT2D eigenvalue weighted by atomic mass is 9.83. The van der Waals surface area contributed by atoms with Crippen LogP contribution in [-0.4, -0.2) is 72.6 Å². The zero-order valence-corrected chi connectivity index (χ0v) is 27.2. The summed E-state index contributed by atoms with van der Waals surface area (Å²) in [5, 5.41) is 10.1. The van der Waals surface area contributed by atoms with E-state index >= 15 is 0 Å². The molecule has 8 heteroatoms. The largest absolute Gasteiger partial charge is 0.488 e. The van der Waals surface area contributed by atoms with Gasteiger partial charge in [-0.25, -0.2) is 4.98 Å². The SMILES string of the molecule is CCOC[C@@H]1N(c2cccc(-c3cccc(C)c3OCc3cc(C)c4c(c3)CCN(C3CCOCC3)C4)n2)CC[C@@]1(C)C(=O)O. The fourth-order valence-electron chi connectivity index (χ4n) is 7.39. The standard InChI is InChI=1S/C37H47N3O5/c1-5-43-24-33-37(4,36(41)42)15-17-40(33)34-11-7-10-32(38-34)30-9-6-8-25(2)35(30)45-23-27-20-26(3)31-22-39(16-12-28(31)21-27)29-13-18-44-19-14-29/h6-11,20-21,29,33H,5,12-19,22-24H2,1-4H3,(H,41,42)/t33-,37+/m0/s1. The number of rotatable bonds is 10. The Morgan fingerprint density at radius 1 is 1.09 bits per heavy atom. The van der Waals surface area contributed by atoms with E-state index in [1.165, 1.54) is 22.3 Å². The van der Waals surface area contributed by atoms with E-state index in [-0.39, 0.29) is 6.04 Å². The number of aromatic nitrogens is 1. The number of carbonyl (C=O) groups is 1. The van der Waals surface area contributed by atoms with E-state index < -0.39 is 11.4 Å². The van der Waals surface area contributed by atoms with E-state index in [9.17, 15) is 9.90 Å². The fourth-order valence-corrected chi connectivity index (χ4v) is 7.39. The second-order valence-corrected chi connectivity index (χ2v) is 13.1. The molecule has 1 aromatic heterocycles. The molecule has 3 aliphatic rings. The van der Waals surface area contributed by atoms with Gasteiger partial charge in [0, 0.05) is 51.1 Å². The molecule has 2 aromatic carbocycles. The van der Waals surface area contributed by atoms with Gasteiger partial charge in [0.1, 0.15) is 18.2 Å². The van der Waals surface area contributed by atoms with Crippen LogP contribution >= 0.6 is 0 Å². The number of pyridine rings is 1. The average Bonchev–Trinajstić information content (AvgIpc) is 3.40. The fraction of sp³-hybridized carbons (Fsp3) is 0.514. The first-order chi connectivity index (χ1) is 21.8. The topological polar surface area (TPSA) is 84.4 Å². The third-order valence-electron chi connectivity index (χ3n) is 10.2. The summed E-state index contributed by atoms with van der Waals surface area (Å²) in [6.45, 7) is 13.9. The summed E-state index contributed by atoms with van der Waals surface area (Å²) >= 11 is 0. The van der Waals surface area contributed by atoms with Crippen LogP contribution in [0, 0.1) is 19.3 Å². The van der Waals surface area contributed by atoms with Gasteiger partial charge in [0.15, 0.2) is 0 Å². The maximum Gasteiger partial charge on any atom is 0.311 e. The Kier molecular flexibility index (Phi) is 9.45. The molecule has 6 rings (SSSR count). The van der Waals surface area contributed by atoms with Crippen molar-refractivity contribution in [2.24, 2.45) is 5.41 Å². The summed E-state index contributed by atoms with van der Waals surface area (Å²) in [5.41, 5.74) is 7.32. The predicted octanol–water partition coefficient (Wildman–Crippen LogP) is 6.19. The molecular weight excluding hydrogens is 566 g/mol. The highest BCUT2D eigenvalue weighted by Crippen LogP contribution is 2.41. The number of carboxylic acids is 1. The molecule has 0 saturated carbocycles. The summed E-state index contributed by atoms with van der Waals surface area (Å²) in [6.07, 6.45) is 3.86. The van der Waals surface area contributed by atoms with Crippen molar-refractivity contribution < 1.29 is 24.1 Å². The first kappa shape index (κ1) is 31.5. The van der Waals surface area contributed by atoms with Gasteiger partial charge in [-0.15, -0.1) is 0 Å². The lowest BCUT2D eigenvalue weighted by molar-refractivity contribution is -0.149. The van der Waals surface area contributed by atoms with Crippen LogP contribution in [0.1, 0.15) is 60.9 Å². The first-order valence-electron chi connectivity index (χ1n) is 16.5. The molecule has 4 heterocycles. The lowest BCUT2D eigenvalue weighted by Gasteiger charge is -2.38. The van der Waals surface area contributed by atoms with Crippen molar-refractivity contribution in [3.05, 3.63) is 76.3 Å². The first-order valence-corrected chi connectivity index (χ1v) is 16.5.